The third-order valence-corrected chi connectivity index (χ3v) is 4.54. The number of nitrogens with one attached hydrogen (secondary N) is 1. The van der Waals surface area contributed by atoms with Crippen LogP contribution in [-0.2, 0) is 17.6 Å². The molecule has 146 valence electrons. The van der Waals surface area contributed by atoms with Gasteiger partial charge >= 0.3 is 5.97 Å². The van der Waals surface area contributed by atoms with Crippen molar-refractivity contribution in [3.8, 4) is 5.75 Å². The topological polar surface area (TPSA) is 84.6 Å². The van der Waals surface area contributed by atoms with Crippen LogP contribution >= 0.6 is 0 Å². The molecule has 0 saturated carbocycles. The number of nitrogens with zero attached hydrogens (tertiary/aromatic N) is 1. The number of carbonyl (C=O) groups is 1. The smallest absolute Gasteiger partial charge is 0.304 e. The van der Waals surface area contributed by atoms with Crippen molar-refractivity contribution in [3.05, 3.63) is 78.0 Å². The van der Waals surface area contributed by atoms with E-state index in [-0.39, 0.29) is 12.3 Å². The summed E-state index contributed by atoms with van der Waals surface area (Å²) in [6.07, 6.45) is 4.68. The number of pyridine rings is 1. The summed E-state index contributed by atoms with van der Waals surface area (Å²) in [6.45, 7) is 0.527. The summed E-state index contributed by atoms with van der Waals surface area (Å²) in [7, 11) is 1.88. The van der Waals surface area contributed by atoms with Gasteiger partial charge in [-0.05, 0) is 48.4 Å². The molecule has 0 saturated heterocycles. The summed E-state index contributed by atoms with van der Waals surface area (Å²) in [5, 5.41) is 12.3. The van der Waals surface area contributed by atoms with Gasteiger partial charge < -0.3 is 19.6 Å². The van der Waals surface area contributed by atoms with Crippen LogP contribution in [0.5, 0.6) is 5.75 Å². The Labute approximate surface area is 164 Å². The van der Waals surface area contributed by atoms with E-state index in [0.717, 1.165) is 22.7 Å². The lowest BCUT2D eigenvalue weighted by Crippen LogP contribution is -2.09. The Hall–Kier alpha value is -3.28. The van der Waals surface area contributed by atoms with Gasteiger partial charge in [0, 0.05) is 25.6 Å². The van der Waals surface area contributed by atoms with Gasteiger partial charge in [-0.3, -0.25) is 9.78 Å². The van der Waals surface area contributed by atoms with Crippen LogP contribution in [0.3, 0.4) is 0 Å². The maximum atomic E-state index is 11.2. The summed E-state index contributed by atoms with van der Waals surface area (Å²) in [6, 6.07) is 15.2. The Balaban J connectivity index is 1.56. The molecule has 3 rings (SSSR count). The van der Waals surface area contributed by atoms with Crippen LogP contribution in [-0.4, -0.2) is 29.7 Å². The molecule has 0 aliphatic rings. The van der Waals surface area contributed by atoms with Crippen molar-refractivity contribution in [2.75, 3.05) is 19.0 Å². The molecule has 1 unspecified atom stereocenters. The van der Waals surface area contributed by atoms with E-state index in [2.05, 4.69) is 10.3 Å². The summed E-state index contributed by atoms with van der Waals surface area (Å²) < 4.78 is 11.2. The first-order valence-electron chi connectivity index (χ1n) is 9.24. The highest BCUT2D eigenvalue weighted by molar-refractivity contribution is 5.68. The normalized spacial score (nSPS) is 11.8. The molecule has 0 radical (unpaired) electrons. The van der Waals surface area contributed by atoms with Crippen molar-refractivity contribution in [2.24, 2.45) is 0 Å². The molecular weight excluding hydrogens is 356 g/mol. The van der Waals surface area contributed by atoms with E-state index >= 15 is 0 Å². The lowest BCUT2D eigenvalue weighted by Gasteiger charge is -2.13. The molecule has 28 heavy (non-hydrogen) atoms. The average molecular weight is 380 g/mol. The zero-order chi connectivity index (χ0) is 19.8. The fourth-order valence-corrected chi connectivity index (χ4v) is 3.14. The molecule has 2 heterocycles. The fourth-order valence-electron chi connectivity index (χ4n) is 3.14. The molecule has 2 aromatic heterocycles. The van der Waals surface area contributed by atoms with E-state index in [1.165, 1.54) is 0 Å². The first-order valence-corrected chi connectivity index (χ1v) is 9.24. The van der Waals surface area contributed by atoms with E-state index in [1.807, 2.05) is 49.5 Å². The maximum absolute atomic E-state index is 11.2. The van der Waals surface area contributed by atoms with E-state index < -0.39 is 5.97 Å². The number of anilines is 1. The number of benzene rings is 1. The number of aromatic nitrogens is 1. The highest BCUT2D eigenvalue weighted by Gasteiger charge is 2.18. The second kappa shape index (κ2) is 9.60. The van der Waals surface area contributed by atoms with Crippen LogP contribution in [0, 0.1) is 0 Å². The van der Waals surface area contributed by atoms with E-state index in [4.69, 9.17) is 14.3 Å². The Morgan fingerprint density at radius 1 is 1.21 bits per heavy atom. The van der Waals surface area contributed by atoms with Gasteiger partial charge in [0.2, 0.25) is 0 Å². The van der Waals surface area contributed by atoms with Gasteiger partial charge in [0.05, 0.1) is 30.7 Å². The molecule has 6 heteroatoms. The number of hydrogen-bond donors (Lipinski definition) is 2. The first kappa shape index (κ1) is 19.5. The lowest BCUT2D eigenvalue weighted by molar-refractivity contribution is -0.137. The predicted octanol–water partition coefficient (Wildman–Crippen LogP) is 4.14. The van der Waals surface area contributed by atoms with Crippen LogP contribution in [0.15, 0.2) is 65.4 Å². The third kappa shape index (κ3) is 5.36. The number of carboxylic acids is 1. The predicted molar refractivity (Wildman–Crippen MR) is 107 cm³/mol. The van der Waals surface area contributed by atoms with Crippen molar-refractivity contribution in [1.29, 1.82) is 0 Å². The average Bonchev–Trinajstić information content (AvgIpc) is 3.24. The molecule has 1 aromatic carbocycles. The van der Waals surface area contributed by atoms with Crippen molar-refractivity contribution in [1.82, 2.24) is 4.98 Å². The monoisotopic (exact) mass is 380 g/mol. The second-order valence-electron chi connectivity index (χ2n) is 6.50. The lowest BCUT2D eigenvalue weighted by atomic mass is 9.94. The van der Waals surface area contributed by atoms with Gasteiger partial charge in [-0.25, -0.2) is 0 Å². The maximum Gasteiger partial charge on any atom is 0.304 e. The highest BCUT2D eigenvalue weighted by Crippen LogP contribution is 2.26. The molecule has 2 N–H and O–H groups in total. The van der Waals surface area contributed by atoms with Crippen molar-refractivity contribution in [3.63, 3.8) is 0 Å². The number of aliphatic carboxylic acids is 1. The molecule has 0 aliphatic heterocycles. The first-order chi connectivity index (χ1) is 13.7. The fraction of sp³-hybridized carbons (Fsp3) is 0.273. The number of rotatable bonds is 10. The Bertz CT molecular complexity index is 876. The van der Waals surface area contributed by atoms with Gasteiger partial charge in [0.15, 0.2) is 0 Å². The van der Waals surface area contributed by atoms with Gasteiger partial charge in [0.1, 0.15) is 11.5 Å². The molecule has 0 amide bonds. The molecule has 0 aliphatic carbocycles. The molecule has 0 spiro atoms. The van der Waals surface area contributed by atoms with Crippen LogP contribution in [0.1, 0.15) is 29.4 Å². The zero-order valence-electron chi connectivity index (χ0n) is 15.8. The number of carboxylic acid groups (broad SMARTS) is 1. The van der Waals surface area contributed by atoms with Gasteiger partial charge in [-0.1, -0.05) is 12.1 Å². The van der Waals surface area contributed by atoms with Crippen LogP contribution in [0.4, 0.5) is 5.69 Å². The molecule has 3 aromatic rings. The Morgan fingerprint density at radius 2 is 2.04 bits per heavy atom. The van der Waals surface area contributed by atoms with Gasteiger partial charge in [0.25, 0.3) is 0 Å². The van der Waals surface area contributed by atoms with Crippen LogP contribution < -0.4 is 10.1 Å². The molecular formula is C22H24N2O4. The zero-order valence-corrected chi connectivity index (χ0v) is 15.8. The van der Waals surface area contributed by atoms with Crippen molar-refractivity contribution < 1.29 is 19.1 Å². The summed E-state index contributed by atoms with van der Waals surface area (Å²) in [4.78, 5) is 15.5. The highest BCUT2D eigenvalue weighted by atomic mass is 16.5. The Morgan fingerprint density at radius 3 is 2.71 bits per heavy atom. The summed E-state index contributed by atoms with van der Waals surface area (Å²) in [5.74, 6) is 0.442. The van der Waals surface area contributed by atoms with Gasteiger partial charge in [-0.2, -0.15) is 0 Å². The van der Waals surface area contributed by atoms with Gasteiger partial charge in [-0.15, -0.1) is 0 Å². The van der Waals surface area contributed by atoms with E-state index in [0.29, 0.717) is 25.2 Å². The van der Waals surface area contributed by atoms with E-state index in [1.54, 1.807) is 18.5 Å². The molecule has 0 fully saturated rings. The van der Waals surface area contributed by atoms with E-state index in [9.17, 15) is 4.79 Å². The van der Waals surface area contributed by atoms with Crippen LogP contribution in [0.25, 0.3) is 0 Å². The minimum absolute atomic E-state index is 0.0314. The SMILES string of the molecule is CNc1cccnc1CCOc1ccc(CC(CC(=O)O)c2ccco2)cc1. The second-order valence-corrected chi connectivity index (χ2v) is 6.50. The number of hydrogen-bond acceptors (Lipinski definition) is 5. The minimum Gasteiger partial charge on any atom is -0.493 e. The largest absolute Gasteiger partial charge is 0.493 e. The number of ether oxygens (including phenoxy) is 1. The molecule has 0 bridgehead atoms. The standard InChI is InChI=1S/C22H24N2O4/c1-23-19-4-2-11-24-20(19)10-13-27-18-8-6-16(7-9-18)14-17(15-22(25)26)21-5-3-12-28-21/h2-9,11-12,17,23H,10,13-15H2,1H3,(H,25,26). The van der Waals surface area contributed by atoms with Crippen molar-refractivity contribution in [2.45, 2.75) is 25.2 Å². The van der Waals surface area contributed by atoms with Crippen LogP contribution in [0.2, 0.25) is 0 Å². The quantitative estimate of drug-likeness (QED) is 0.550. The number of furan rings is 1. The molecule has 1 atom stereocenters. The third-order valence-electron chi connectivity index (χ3n) is 4.54. The summed E-state index contributed by atoms with van der Waals surface area (Å²) in [5.41, 5.74) is 3.01. The minimum atomic E-state index is -0.836. The summed E-state index contributed by atoms with van der Waals surface area (Å²) >= 11 is 0. The van der Waals surface area contributed by atoms with Crippen molar-refractivity contribution >= 4 is 11.7 Å². The Kier molecular flexibility index (Phi) is 6.68. The molecule has 6 nitrogen and oxygen atoms in total.